The molecular formula is C9H16N2OS. The smallest absolute Gasteiger partial charge is 0.223 e. The second kappa shape index (κ2) is 4.56. The van der Waals surface area contributed by atoms with Crippen molar-refractivity contribution in [2.24, 2.45) is 17.6 Å². The summed E-state index contributed by atoms with van der Waals surface area (Å²) >= 11 is 4.80. The zero-order chi connectivity index (χ0) is 9.84. The summed E-state index contributed by atoms with van der Waals surface area (Å²) in [5.74, 6) is 0.506. The van der Waals surface area contributed by atoms with Crippen LogP contribution < -0.4 is 11.1 Å². The summed E-state index contributed by atoms with van der Waals surface area (Å²) in [7, 11) is 0. The van der Waals surface area contributed by atoms with E-state index in [9.17, 15) is 4.79 Å². The molecule has 13 heavy (non-hydrogen) atoms. The van der Waals surface area contributed by atoms with Crippen LogP contribution in [0.15, 0.2) is 0 Å². The van der Waals surface area contributed by atoms with Crippen LogP contribution in [0.3, 0.4) is 0 Å². The van der Waals surface area contributed by atoms with E-state index in [2.05, 4.69) is 5.32 Å². The monoisotopic (exact) mass is 200 g/mol. The van der Waals surface area contributed by atoms with E-state index in [0.717, 1.165) is 12.8 Å². The van der Waals surface area contributed by atoms with Crippen molar-refractivity contribution in [3.8, 4) is 0 Å². The molecule has 1 aliphatic carbocycles. The second-order valence-electron chi connectivity index (χ2n) is 3.68. The minimum absolute atomic E-state index is 0.0963. The standard InChI is InChI=1S/C9H16N2OS/c1-6(8(10)13)5-11-9(12)7-3-2-4-7/h6-7H,2-5H2,1H3,(H2,10,13)(H,11,12). The van der Waals surface area contributed by atoms with E-state index in [1.165, 1.54) is 6.42 Å². The number of rotatable bonds is 4. The quantitative estimate of drug-likeness (QED) is 0.661. The van der Waals surface area contributed by atoms with Crippen molar-refractivity contribution in [3.05, 3.63) is 0 Å². The van der Waals surface area contributed by atoms with Gasteiger partial charge in [-0.1, -0.05) is 25.6 Å². The normalized spacial score (nSPS) is 18.8. The first kappa shape index (κ1) is 10.4. The fraction of sp³-hybridized carbons (Fsp3) is 0.778. The Labute approximate surface area is 84.1 Å². The molecular weight excluding hydrogens is 184 g/mol. The fourth-order valence-electron chi connectivity index (χ4n) is 1.17. The van der Waals surface area contributed by atoms with Crippen LogP contribution in [0.5, 0.6) is 0 Å². The van der Waals surface area contributed by atoms with Crippen LogP contribution in [0.25, 0.3) is 0 Å². The van der Waals surface area contributed by atoms with Crippen LogP contribution in [-0.2, 0) is 4.79 Å². The average Bonchev–Trinajstić information content (AvgIpc) is 1.96. The molecule has 74 valence electrons. The highest BCUT2D eigenvalue weighted by Gasteiger charge is 2.25. The minimum atomic E-state index is 0.0963. The van der Waals surface area contributed by atoms with Gasteiger partial charge in [0, 0.05) is 18.4 Å². The van der Waals surface area contributed by atoms with Gasteiger partial charge in [0.2, 0.25) is 5.91 Å². The molecule has 3 N–H and O–H groups in total. The number of nitrogens with one attached hydrogen (secondary N) is 1. The fourth-order valence-corrected chi connectivity index (χ4v) is 1.25. The molecule has 1 saturated carbocycles. The largest absolute Gasteiger partial charge is 0.393 e. The van der Waals surface area contributed by atoms with Gasteiger partial charge in [0.05, 0.1) is 4.99 Å². The third-order valence-corrected chi connectivity index (χ3v) is 2.95. The Hall–Kier alpha value is -0.640. The third kappa shape index (κ3) is 2.95. The molecule has 4 heteroatoms. The second-order valence-corrected chi connectivity index (χ2v) is 4.15. The number of hydrogen-bond donors (Lipinski definition) is 2. The molecule has 0 aromatic rings. The van der Waals surface area contributed by atoms with Crippen LogP contribution in [-0.4, -0.2) is 17.4 Å². The molecule has 3 nitrogen and oxygen atoms in total. The van der Waals surface area contributed by atoms with Crippen LogP contribution in [0, 0.1) is 11.8 Å². The predicted octanol–water partition coefficient (Wildman–Crippen LogP) is 0.825. The molecule has 1 aliphatic rings. The van der Waals surface area contributed by atoms with Gasteiger partial charge in [0.15, 0.2) is 0 Å². The topological polar surface area (TPSA) is 55.1 Å². The number of nitrogens with two attached hydrogens (primary N) is 1. The SMILES string of the molecule is CC(CNC(=O)C1CCC1)C(N)=S. The van der Waals surface area contributed by atoms with Crippen molar-refractivity contribution in [1.29, 1.82) is 0 Å². The number of carbonyl (C=O) groups excluding carboxylic acids is 1. The number of hydrogen-bond acceptors (Lipinski definition) is 2. The Balaban J connectivity index is 2.17. The molecule has 0 heterocycles. The van der Waals surface area contributed by atoms with E-state index in [1.807, 2.05) is 6.92 Å². The molecule has 0 bridgehead atoms. The summed E-state index contributed by atoms with van der Waals surface area (Å²) in [6.07, 6.45) is 3.25. The Kier molecular flexibility index (Phi) is 3.66. The van der Waals surface area contributed by atoms with E-state index in [1.54, 1.807) is 0 Å². The van der Waals surface area contributed by atoms with E-state index < -0.39 is 0 Å². The van der Waals surface area contributed by atoms with Gasteiger partial charge in [-0.2, -0.15) is 0 Å². The van der Waals surface area contributed by atoms with Crippen molar-refractivity contribution in [1.82, 2.24) is 5.32 Å². The van der Waals surface area contributed by atoms with Crippen LogP contribution in [0.2, 0.25) is 0 Å². The third-order valence-electron chi connectivity index (χ3n) is 2.54. The van der Waals surface area contributed by atoms with E-state index in [0.29, 0.717) is 11.5 Å². The lowest BCUT2D eigenvalue weighted by atomic mass is 9.85. The number of thiocarbonyl (C=S) groups is 1. The molecule has 1 unspecified atom stereocenters. The maximum atomic E-state index is 11.4. The maximum absolute atomic E-state index is 11.4. The summed E-state index contributed by atoms with van der Waals surface area (Å²) < 4.78 is 0. The van der Waals surface area contributed by atoms with Gasteiger partial charge in [0.25, 0.3) is 0 Å². The molecule has 1 atom stereocenters. The van der Waals surface area contributed by atoms with Crippen molar-refractivity contribution in [2.45, 2.75) is 26.2 Å². The zero-order valence-corrected chi connectivity index (χ0v) is 8.69. The minimum Gasteiger partial charge on any atom is -0.393 e. The molecule has 0 aliphatic heterocycles. The lowest BCUT2D eigenvalue weighted by Gasteiger charge is -2.24. The molecule has 0 aromatic heterocycles. The Morgan fingerprint density at radius 2 is 2.31 bits per heavy atom. The molecule has 0 spiro atoms. The summed E-state index contributed by atoms with van der Waals surface area (Å²) in [6.45, 7) is 2.49. The van der Waals surface area contributed by atoms with Crippen LogP contribution >= 0.6 is 12.2 Å². The van der Waals surface area contributed by atoms with Crippen LogP contribution in [0.1, 0.15) is 26.2 Å². The average molecular weight is 200 g/mol. The zero-order valence-electron chi connectivity index (χ0n) is 7.88. The molecule has 0 saturated heterocycles. The summed E-state index contributed by atoms with van der Waals surface area (Å²) in [4.78, 5) is 11.8. The van der Waals surface area contributed by atoms with E-state index in [4.69, 9.17) is 18.0 Å². The van der Waals surface area contributed by atoms with E-state index >= 15 is 0 Å². The van der Waals surface area contributed by atoms with Crippen LogP contribution in [0.4, 0.5) is 0 Å². The Morgan fingerprint density at radius 3 is 2.69 bits per heavy atom. The van der Waals surface area contributed by atoms with Gasteiger partial charge in [-0.05, 0) is 12.8 Å². The first-order valence-corrected chi connectivity index (χ1v) is 5.09. The first-order valence-electron chi connectivity index (χ1n) is 4.68. The summed E-state index contributed by atoms with van der Waals surface area (Å²) in [5, 5.41) is 2.86. The van der Waals surface area contributed by atoms with Gasteiger partial charge in [0.1, 0.15) is 0 Å². The lowest BCUT2D eigenvalue weighted by Crippen LogP contribution is -2.39. The number of amides is 1. The molecule has 0 radical (unpaired) electrons. The van der Waals surface area contributed by atoms with Gasteiger partial charge < -0.3 is 11.1 Å². The first-order chi connectivity index (χ1) is 6.11. The Bertz CT molecular complexity index is 214. The van der Waals surface area contributed by atoms with Crippen molar-refractivity contribution in [3.63, 3.8) is 0 Å². The van der Waals surface area contributed by atoms with Crippen molar-refractivity contribution < 1.29 is 4.79 Å². The summed E-state index contributed by atoms with van der Waals surface area (Å²) in [6, 6.07) is 0. The maximum Gasteiger partial charge on any atom is 0.223 e. The van der Waals surface area contributed by atoms with Gasteiger partial charge >= 0.3 is 0 Å². The van der Waals surface area contributed by atoms with E-state index in [-0.39, 0.29) is 17.7 Å². The highest BCUT2D eigenvalue weighted by molar-refractivity contribution is 7.80. The highest BCUT2D eigenvalue weighted by Crippen LogP contribution is 2.26. The van der Waals surface area contributed by atoms with Gasteiger partial charge in [-0.15, -0.1) is 0 Å². The Morgan fingerprint density at radius 1 is 1.69 bits per heavy atom. The van der Waals surface area contributed by atoms with Gasteiger partial charge in [-0.3, -0.25) is 4.79 Å². The van der Waals surface area contributed by atoms with Gasteiger partial charge in [-0.25, -0.2) is 0 Å². The van der Waals surface area contributed by atoms with Crippen molar-refractivity contribution >= 4 is 23.1 Å². The lowest BCUT2D eigenvalue weighted by molar-refractivity contribution is -0.127. The molecule has 1 fully saturated rings. The molecule has 1 rings (SSSR count). The number of carbonyl (C=O) groups is 1. The summed E-state index contributed by atoms with van der Waals surface area (Å²) in [5.41, 5.74) is 5.42. The predicted molar refractivity (Wildman–Crippen MR) is 56.3 cm³/mol. The molecule has 1 amide bonds. The van der Waals surface area contributed by atoms with Crippen molar-refractivity contribution in [2.75, 3.05) is 6.54 Å². The molecule has 0 aromatic carbocycles. The highest BCUT2D eigenvalue weighted by atomic mass is 32.1.